The molecule has 1 aromatic rings. The van der Waals surface area contributed by atoms with Gasteiger partial charge in [0.15, 0.2) is 0 Å². The number of nitrogens with zero attached hydrogens (tertiary/aromatic N) is 2. The van der Waals surface area contributed by atoms with Crippen molar-refractivity contribution in [2.75, 3.05) is 19.5 Å². The molecular formula is C9H14BrN3O. The van der Waals surface area contributed by atoms with Gasteiger partial charge in [-0.15, -0.1) is 0 Å². The number of methoxy groups -OCH3 is 1. The summed E-state index contributed by atoms with van der Waals surface area (Å²) in [6, 6.07) is 0. The number of halogens is 1. The highest BCUT2D eigenvalue weighted by atomic mass is 79.9. The SMILES string of the molecule is CCc1nc(CCOC)nc(N)c1Br. The molecule has 0 amide bonds. The lowest BCUT2D eigenvalue weighted by Gasteiger charge is -2.06. The van der Waals surface area contributed by atoms with E-state index < -0.39 is 0 Å². The summed E-state index contributed by atoms with van der Waals surface area (Å²) in [7, 11) is 1.66. The Hall–Kier alpha value is -0.680. The van der Waals surface area contributed by atoms with Gasteiger partial charge < -0.3 is 10.5 Å². The molecule has 0 saturated carbocycles. The third kappa shape index (κ3) is 2.65. The minimum Gasteiger partial charge on any atom is -0.384 e. The first-order chi connectivity index (χ1) is 6.69. The number of anilines is 1. The quantitative estimate of drug-likeness (QED) is 0.892. The Bertz CT molecular complexity index is 317. The average Bonchev–Trinajstić information content (AvgIpc) is 2.19. The Labute approximate surface area is 92.0 Å². The van der Waals surface area contributed by atoms with Crippen molar-refractivity contribution in [3.8, 4) is 0 Å². The second-order valence-corrected chi connectivity index (χ2v) is 3.68. The predicted octanol–water partition coefficient (Wildman–Crippen LogP) is 1.57. The number of aromatic nitrogens is 2. The van der Waals surface area contributed by atoms with E-state index in [0.29, 0.717) is 18.8 Å². The lowest BCUT2D eigenvalue weighted by atomic mass is 10.3. The van der Waals surface area contributed by atoms with Crippen LogP contribution in [-0.4, -0.2) is 23.7 Å². The van der Waals surface area contributed by atoms with Crippen LogP contribution in [0.2, 0.25) is 0 Å². The highest BCUT2D eigenvalue weighted by molar-refractivity contribution is 9.10. The van der Waals surface area contributed by atoms with Crippen molar-refractivity contribution < 1.29 is 4.74 Å². The third-order valence-electron chi connectivity index (χ3n) is 1.86. The summed E-state index contributed by atoms with van der Waals surface area (Å²) in [6.07, 6.45) is 1.54. The summed E-state index contributed by atoms with van der Waals surface area (Å²) in [5, 5.41) is 0. The summed E-state index contributed by atoms with van der Waals surface area (Å²) >= 11 is 3.36. The van der Waals surface area contributed by atoms with Crippen molar-refractivity contribution in [1.82, 2.24) is 9.97 Å². The van der Waals surface area contributed by atoms with Crippen LogP contribution in [0.15, 0.2) is 4.47 Å². The molecule has 0 fully saturated rings. The van der Waals surface area contributed by atoms with Gasteiger partial charge in [0.1, 0.15) is 11.6 Å². The fourth-order valence-corrected chi connectivity index (χ4v) is 1.56. The standard InChI is InChI=1S/C9H14BrN3O/c1-3-6-8(10)9(11)13-7(12-6)4-5-14-2/h3-5H2,1-2H3,(H2,11,12,13). The van der Waals surface area contributed by atoms with E-state index in [4.69, 9.17) is 10.5 Å². The van der Waals surface area contributed by atoms with E-state index in [0.717, 1.165) is 22.4 Å². The molecule has 0 saturated heterocycles. The van der Waals surface area contributed by atoms with Gasteiger partial charge in [0.2, 0.25) is 0 Å². The normalized spacial score (nSPS) is 10.5. The molecule has 0 aliphatic heterocycles. The van der Waals surface area contributed by atoms with Crippen LogP contribution in [0, 0.1) is 0 Å². The molecular weight excluding hydrogens is 246 g/mol. The van der Waals surface area contributed by atoms with Crippen molar-refractivity contribution in [2.45, 2.75) is 19.8 Å². The van der Waals surface area contributed by atoms with Crippen molar-refractivity contribution in [2.24, 2.45) is 0 Å². The first-order valence-electron chi connectivity index (χ1n) is 4.48. The number of hydrogen-bond acceptors (Lipinski definition) is 4. The van der Waals surface area contributed by atoms with Crippen molar-refractivity contribution in [1.29, 1.82) is 0 Å². The van der Waals surface area contributed by atoms with Crippen LogP contribution in [0.25, 0.3) is 0 Å². The Morgan fingerprint density at radius 2 is 2.14 bits per heavy atom. The van der Waals surface area contributed by atoms with Gasteiger partial charge in [-0.25, -0.2) is 9.97 Å². The van der Waals surface area contributed by atoms with Gasteiger partial charge >= 0.3 is 0 Å². The maximum absolute atomic E-state index is 5.73. The van der Waals surface area contributed by atoms with Gasteiger partial charge in [-0.2, -0.15) is 0 Å². The van der Waals surface area contributed by atoms with E-state index in [-0.39, 0.29) is 0 Å². The fourth-order valence-electron chi connectivity index (χ4n) is 1.11. The lowest BCUT2D eigenvalue weighted by molar-refractivity contribution is 0.200. The van der Waals surface area contributed by atoms with Crippen LogP contribution in [-0.2, 0) is 17.6 Å². The Morgan fingerprint density at radius 1 is 1.43 bits per heavy atom. The van der Waals surface area contributed by atoms with Crippen molar-refractivity contribution in [3.05, 3.63) is 16.0 Å². The molecule has 14 heavy (non-hydrogen) atoms. The van der Waals surface area contributed by atoms with Crippen molar-refractivity contribution in [3.63, 3.8) is 0 Å². The van der Waals surface area contributed by atoms with Crippen molar-refractivity contribution >= 4 is 21.7 Å². The molecule has 78 valence electrons. The number of nitrogen functional groups attached to an aromatic ring is 1. The summed E-state index contributed by atoms with van der Waals surface area (Å²) in [4.78, 5) is 8.53. The minimum absolute atomic E-state index is 0.503. The largest absolute Gasteiger partial charge is 0.384 e. The molecule has 0 aromatic carbocycles. The number of ether oxygens (including phenoxy) is 1. The molecule has 0 atom stereocenters. The Balaban J connectivity index is 2.91. The first kappa shape index (κ1) is 11.4. The average molecular weight is 260 g/mol. The van der Waals surface area contributed by atoms with Crippen LogP contribution >= 0.6 is 15.9 Å². The number of rotatable bonds is 4. The molecule has 0 unspecified atom stereocenters. The van der Waals surface area contributed by atoms with Crippen LogP contribution in [0.1, 0.15) is 18.4 Å². The van der Waals surface area contributed by atoms with Gasteiger partial charge in [-0.05, 0) is 22.4 Å². The maximum atomic E-state index is 5.73. The summed E-state index contributed by atoms with van der Waals surface area (Å²) in [5.74, 6) is 1.24. The molecule has 1 heterocycles. The molecule has 0 bridgehead atoms. The number of nitrogens with two attached hydrogens (primary N) is 1. The highest BCUT2D eigenvalue weighted by Crippen LogP contribution is 2.21. The topological polar surface area (TPSA) is 61.0 Å². The fraction of sp³-hybridized carbons (Fsp3) is 0.556. The predicted molar refractivity (Wildman–Crippen MR) is 59.1 cm³/mol. The second kappa shape index (κ2) is 5.26. The lowest BCUT2D eigenvalue weighted by Crippen LogP contribution is -2.07. The number of aryl methyl sites for hydroxylation is 1. The molecule has 0 aliphatic rings. The molecule has 1 rings (SSSR count). The second-order valence-electron chi connectivity index (χ2n) is 2.88. The van der Waals surface area contributed by atoms with E-state index in [1.807, 2.05) is 6.92 Å². The zero-order valence-electron chi connectivity index (χ0n) is 8.38. The zero-order chi connectivity index (χ0) is 10.6. The van der Waals surface area contributed by atoms with E-state index >= 15 is 0 Å². The van der Waals surface area contributed by atoms with Gasteiger partial charge in [0.25, 0.3) is 0 Å². The van der Waals surface area contributed by atoms with Gasteiger partial charge in [-0.1, -0.05) is 6.92 Å². The van der Waals surface area contributed by atoms with E-state index in [1.165, 1.54) is 0 Å². The Morgan fingerprint density at radius 3 is 2.71 bits per heavy atom. The van der Waals surface area contributed by atoms with E-state index in [9.17, 15) is 0 Å². The summed E-state index contributed by atoms with van der Waals surface area (Å²) < 4.78 is 5.76. The zero-order valence-corrected chi connectivity index (χ0v) is 9.97. The molecule has 0 aliphatic carbocycles. The molecule has 4 nitrogen and oxygen atoms in total. The molecule has 0 radical (unpaired) electrons. The summed E-state index contributed by atoms with van der Waals surface area (Å²) in [5.41, 5.74) is 6.68. The van der Waals surface area contributed by atoms with Crippen LogP contribution in [0.4, 0.5) is 5.82 Å². The molecule has 5 heteroatoms. The van der Waals surface area contributed by atoms with Crippen LogP contribution < -0.4 is 5.73 Å². The molecule has 2 N–H and O–H groups in total. The van der Waals surface area contributed by atoms with Gasteiger partial charge in [-0.3, -0.25) is 0 Å². The molecule has 0 spiro atoms. The maximum Gasteiger partial charge on any atom is 0.141 e. The van der Waals surface area contributed by atoms with Crippen LogP contribution in [0.3, 0.4) is 0 Å². The van der Waals surface area contributed by atoms with E-state index in [1.54, 1.807) is 7.11 Å². The van der Waals surface area contributed by atoms with Gasteiger partial charge in [0.05, 0.1) is 16.8 Å². The smallest absolute Gasteiger partial charge is 0.141 e. The number of hydrogen-bond donors (Lipinski definition) is 1. The van der Waals surface area contributed by atoms with Gasteiger partial charge in [0, 0.05) is 13.5 Å². The van der Waals surface area contributed by atoms with Crippen LogP contribution in [0.5, 0.6) is 0 Å². The first-order valence-corrected chi connectivity index (χ1v) is 5.28. The molecule has 1 aromatic heterocycles. The summed E-state index contributed by atoms with van der Waals surface area (Å²) in [6.45, 7) is 2.65. The van der Waals surface area contributed by atoms with E-state index in [2.05, 4.69) is 25.9 Å². The minimum atomic E-state index is 0.503. The monoisotopic (exact) mass is 259 g/mol. The third-order valence-corrected chi connectivity index (χ3v) is 2.72. The Kier molecular flexibility index (Phi) is 4.28. The highest BCUT2D eigenvalue weighted by Gasteiger charge is 2.07.